The SMILES string of the molecule is Cc1ccc(CC2=CCNC=C2)cc1. The molecule has 0 aromatic heterocycles. The van der Waals surface area contributed by atoms with Crippen LogP contribution in [0.15, 0.2) is 48.2 Å². The van der Waals surface area contributed by atoms with Crippen LogP contribution in [0.2, 0.25) is 0 Å². The van der Waals surface area contributed by atoms with Crippen LogP contribution < -0.4 is 5.32 Å². The fraction of sp³-hybridized carbons (Fsp3) is 0.231. The lowest BCUT2D eigenvalue weighted by atomic mass is 10.0. The van der Waals surface area contributed by atoms with Crippen LogP contribution >= 0.6 is 0 Å². The van der Waals surface area contributed by atoms with Crippen molar-refractivity contribution >= 4 is 0 Å². The van der Waals surface area contributed by atoms with Crippen molar-refractivity contribution in [1.82, 2.24) is 5.32 Å². The maximum Gasteiger partial charge on any atom is 0.0331 e. The van der Waals surface area contributed by atoms with E-state index in [4.69, 9.17) is 0 Å². The average Bonchev–Trinajstić information content (AvgIpc) is 2.23. The summed E-state index contributed by atoms with van der Waals surface area (Å²) < 4.78 is 0. The monoisotopic (exact) mass is 185 g/mol. The summed E-state index contributed by atoms with van der Waals surface area (Å²) in [6.45, 7) is 3.07. The molecule has 0 aliphatic carbocycles. The van der Waals surface area contributed by atoms with E-state index in [1.165, 1.54) is 16.7 Å². The third kappa shape index (κ3) is 2.25. The van der Waals surface area contributed by atoms with Crippen LogP contribution in [0.25, 0.3) is 0 Å². The molecule has 1 heterocycles. The molecule has 1 aromatic carbocycles. The van der Waals surface area contributed by atoms with Gasteiger partial charge in [0.05, 0.1) is 0 Å². The largest absolute Gasteiger partial charge is 0.387 e. The zero-order chi connectivity index (χ0) is 9.80. The molecular formula is C13H15N. The average molecular weight is 185 g/mol. The Kier molecular flexibility index (Phi) is 2.68. The van der Waals surface area contributed by atoms with Gasteiger partial charge >= 0.3 is 0 Å². The van der Waals surface area contributed by atoms with Gasteiger partial charge in [0, 0.05) is 6.54 Å². The van der Waals surface area contributed by atoms with Gasteiger partial charge in [0.25, 0.3) is 0 Å². The third-order valence-electron chi connectivity index (χ3n) is 2.43. The molecule has 0 spiro atoms. The lowest BCUT2D eigenvalue weighted by Gasteiger charge is -2.08. The van der Waals surface area contributed by atoms with Gasteiger partial charge < -0.3 is 5.32 Å². The predicted molar refractivity (Wildman–Crippen MR) is 60.1 cm³/mol. The number of nitrogens with one attached hydrogen (secondary N) is 1. The van der Waals surface area contributed by atoms with E-state index in [-0.39, 0.29) is 0 Å². The molecule has 1 N–H and O–H groups in total. The number of aryl methyl sites for hydroxylation is 1. The highest BCUT2D eigenvalue weighted by Gasteiger charge is 1.98. The van der Waals surface area contributed by atoms with Crippen molar-refractivity contribution in [3.8, 4) is 0 Å². The summed E-state index contributed by atoms with van der Waals surface area (Å²) in [5.41, 5.74) is 4.10. The normalized spacial score (nSPS) is 14.8. The second-order valence-corrected chi connectivity index (χ2v) is 3.68. The van der Waals surface area contributed by atoms with Gasteiger partial charge in [-0.25, -0.2) is 0 Å². The fourth-order valence-corrected chi connectivity index (χ4v) is 1.56. The van der Waals surface area contributed by atoms with E-state index in [0.29, 0.717) is 0 Å². The molecule has 0 bridgehead atoms. The molecule has 14 heavy (non-hydrogen) atoms. The Labute approximate surface area is 85.2 Å². The van der Waals surface area contributed by atoms with Crippen LogP contribution in [0.4, 0.5) is 0 Å². The molecule has 1 aliphatic rings. The molecule has 1 heteroatoms. The van der Waals surface area contributed by atoms with Gasteiger partial charge in [0.2, 0.25) is 0 Å². The number of hydrogen-bond donors (Lipinski definition) is 1. The second kappa shape index (κ2) is 4.14. The number of benzene rings is 1. The Bertz CT molecular complexity index is 357. The van der Waals surface area contributed by atoms with Gasteiger partial charge in [-0.05, 0) is 36.8 Å². The predicted octanol–water partition coefficient (Wildman–Crippen LogP) is 2.58. The van der Waals surface area contributed by atoms with Crippen LogP contribution in [0, 0.1) is 6.92 Å². The van der Waals surface area contributed by atoms with E-state index in [9.17, 15) is 0 Å². The molecule has 0 fully saturated rings. The topological polar surface area (TPSA) is 12.0 Å². The summed E-state index contributed by atoms with van der Waals surface area (Å²) in [4.78, 5) is 0. The van der Waals surface area contributed by atoms with E-state index < -0.39 is 0 Å². The third-order valence-corrected chi connectivity index (χ3v) is 2.43. The highest BCUT2D eigenvalue weighted by molar-refractivity contribution is 5.31. The Morgan fingerprint density at radius 1 is 1.21 bits per heavy atom. The minimum absolute atomic E-state index is 0.956. The van der Waals surface area contributed by atoms with Crippen molar-refractivity contribution in [2.24, 2.45) is 0 Å². The van der Waals surface area contributed by atoms with Gasteiger partial charge in [0.15, 0.2) is 0 Å². The summed E-state index contributed by atoms with van der Waals surface area (Å²) in [5.74, 6) is 0. The lowest BCUT2D eigenvalue weighted by molar-refractivity contribution is 0.944. The molecule has 0 amide bonds. The van der Waals surface area contributed by atoms with E-state index in [2.05, 4.69) is 48.7 Å². The van der Waals surface area contributed by atoms with Crippen molar-refractivity contribution in [2.45, 2.75) is 13.3 Å². The second-order valence-electron chi connectivity index (χ2n) is 3.68. The van der Waals surface area contributed by atoms with E-state index in [1.54, 1.807) is 0 Å². The standard InChI is InChI=1S/C13H15N/c1-11-2-4-12(5-3-11)10-13-6-8-14-9-7-13/h2-8,14H,9-10H2,1H3. The zero-order valence-corrected chi connectivity index (χ0v) is 8.46. The zero-order valence-electron chi connectivity index (χ0n) is 8.46. The van der Waals surface area contributed by atoms with Crippen molar-refractivity contribution in [3.05, 3.63) is 59.3 Å². The highest BCUT2D eigenvalue weighted by Crippen LogP contribution is 2.11. The summed E-state index contributed by atoms with van der Waals surface area (Å²) in [6.07, 6.45) is 7.44. The fourth-order valence-electron chi connectivity index (χ4n) is 1.56. The van der Waals surface area contributed by atoms with Gasteiger partial charge in [-0.1, -0.05) is 35.9 Å². The van der Waals surface area contributed by atoms with E-state index >= 15 is 0 Å². The summed E-state index contributed by atoms with van der Waals surface area (Å²) in [5, 5.41) is 3.15. The van der Waals surface area contributed by atoms with Gasteiger partial charge in [-0.15, -0.1) is 0 Å². The number of rotatable bonds is 2. The van der Waals surface area contributed by atoms with Crippen molar-refractivity contribution in [1.29, 1.82) is 0 Å². The first-order chi connectivity index (χ1) is 6.84. The van der Waals surface area contributed by atoms with Crippen molar-refractivity contribution < 1.29 is 0 Å². The highest BCUT2D eigenvalue weighted by atomic mass is 14.8. The number of hydrogen-bond acceptors (Lipinski definition) is 1. The summed E-state index contributed by atoms with van der Waals surface area (Å²) in [7, 11) is 0. The van der Waals surface area contributed by atoms with Crippen LogP contribution in [-0.2, 0) is 6.42 Å². The molecule has 1 nitrogen and oxygen atoms in total. The smallest absolute Gasteiger partial charge is 0.0331 e. The van der Waals surface area contributed by atoms with Crippen LogP contribution in [0.5, 0.6) is 0 Å². The van der Waals surface area contributed by atoms with E-state index in [1.807, 2.05) is 6.20 Å². The maximum absolute atomic E-state index is 3.15. The molecule has 0 unspecified atom stereocenters. The first kappa shape index (κ1) is 9.07. The summed E-state index contributed by atoms with van der Waals surface area (Å²) >= 11 is 0. The quantitative estimate of drug-likeness (QED) is 0.746. The molecule has 0 radical (unpaired) electrons. The maximum atomic E-state index is 3.15. The first-order valence-electron chi connectivity index (χ1n) is 4.99. The summed E-state index contributed by atoms with van der Waals surface area (Å²) in [6, 6.07) is 8.74. The first-order valence-corrected chi connectivity index (χ1v) is 4.99. The van der Waals surface area contributed by atoms with Gasteiger partial charge in [-0.2, -0.15) is 0 Å². The van der Waals surface area contributed by atoms with Crippen LogP contribution in [0.3, 0.4) is 0 Å². The molecule has 0 saturated carbocycles. The minimum atomic E-state index is 0.956. The molecular weight excluding hydrogens is 170 g/mol. The molecule has 1 aliphatic heterocycles. The van der Waals surface area contributed by atoms with Gasteiger partial charge in [-0.3, -0.25) is 0 Å². The molecule has 2 rings (SSSR count). The van der Waals surface area contributed by atoms with Crippen LogP contribution in [-0.4, -0.2) is 6.54 Å². The van der Waals surface area contributed by atoms with Crippen LogP contribution in [0.1, 0.15) is 11.1 Å². The molecule has 1 aromatic rings. The minimum Gasteiger partial charge on any atom is -0.387 e. The Balaban J connectivity index is 2.07. The Morgan fingerprint density at radius 2 is 2.00 bits per heavy atom. The van der Waals surface area contributed by atoms with Gasteiger partial charge in [0.1, 0.15) is 0 Å². The Morgan fingerprint density at radius 3 is 2.64 bits per heavy atom. The van der Waals surface area contributed by atoms with Crippen molar-refractivity contribution in [3.63, 3.8) is 0 Å². The molecule has 0 saturated heterocycles. The van der Waals surface area contributed by atoms with Crippen molar-refractivity contribution in [2.75, 3.05) is 6.54 Å². The van der Waals surface area contributed by atoms with E-state index in [0.717, 1.165) is 13.0 Å². The number of dihydropyridines is 1. The molecule has 0 atom stereocenters. The Hall–Kier alpha value is -1.50. The number of allylic oxidation sites excluding steroid dienone is 2. The molecule has 72 valence electrons. The lowest BCUT2D eigenvalue weighted by Crippen LogP contribution is -2.09.